The zero-order valence-corrected chi connectivity index (χ0v) is 22.7. The fraction of sp³-hybridized carbons (Fsp3) is 0.926. The van der Waals surface area contributed by atoms with E-state index in [4.69, 9.17) is 0 Å². The summed E-state index contributed by atoms with van der Waals surface area (Å²) >= 11 is 0. The van der Waals surface area contributed by atoms with Crippen molar-refractivity contribution < 1.29 is 13.6 Å². The molecule has 0 aromatic carbocycles. The smallest absolute Gasteiger partial charge is 0.314 e. The molecule has 1 atom stereocenters. The largest absolute Gasteiger partial charge is 0.378 e. The summed E-state index contributed by atoms with van der Waals surface area (Å²) < 4.78 is 24.4. The third kappa shape index (κ3) is 14.4. The van der Waals surface area contributed by atoms with Crippen molar-refractivity contribution in [3.63, 3.8) is 0 Å². The molecule has 0 bridgehead atoms. The average Bonchev–Trinajstić information content (AvgIpc) is 2.71. The fourth-order valence-electron chi connectivity index (χ4n) is 4.64. The molecule has 0 aromatic heterocycles. The number of nitrogens with zero attached hydrogens (tertiary/aromatic N) is 1. The van der Waals surface area contributed by atoms with Crippen LogP contribution in [0.15, 0.2) is 12.2 Å². The van der Waals surface area contributed by atoms with Crippen molar-refractivity contribution in [2.75, 3.05) is 21.1 Å². The Balaban J connectivity index is 3.54. The first kappa shape index (κ1) is 30.6. The van der Waals surface area contributed by atoms with Crippen LogP contribution in [0.1, 0.15) is 136 Å². The van der Waals surface area contributed by atoms with Crippen molar-refractivity contribution >= 4 is 7.68 Å². The Kier molecular flexibility index (Phi) is 18.9. The van der Waals surface area contributed by atoms with Gasteiger partial charge in [0.15, 0.2) is 0 Å². The summed E-state index contributed by atoms with van der Waals surface area (Å²) in [4.78, 5) is 0. The molecule has 4 heteroatoms. The standard InChI is InChI=1S/C27H55NO2P/c1-6-8-9-10-11-12-13-14-15-16-17-18-19-20-21-22-23-24-25-26-27(7-2,31(29)30)28(3,4)5/h12-13H,6-11,14-26H2,1-5H3/q+1. The van der Waals surface area contributed by atoms with E-state index in [1.54, 1.807) is 0 Å². The number of hydrogen-bond donors (Lipinski definition) is 0. The lowest BCUT2D eigenvalue weighted by Gasteiger charge is -2.40. The van der Waals surface area contributed by atoms with Crippen LogP contribution in [-0.2, 0) is 9.13 Å². The third-order valence-electron chi connectivity index (χ3n) is 6.99. The van der Waals surface area contributed by atoms with Gasteiger partial charge in [-0.25, -0.2) is 9.13 Å². The number of allylic oxidation sites excluding steroid dienone is 2. The lowest BCUT2D eigenvalue weighted by Crippen LogP contribution is -2.53. The Labute approximate surface area is 195 Å². The maximum atomic E-state index is 11.9. The molecular weight excluding hydrogens is 401 g/mol. The van der Waals surface area contributed by atoms with Crippen LogP contribution in [0.3, 0.4) is 0 Å². The molecule has 31 heavy (non-hydrogen) atoms. The van der Waals surface area contributed by atoms with Crippen LogP contribution in [0.5, 0.6) is 0 Å². The van der Waals surface area contributed by atoms with E-state index < -0.39 is 13.0 Å². The first-order chi connectivity index (χ1) is 14.8. The number of rotatable bonds is 22. The quantitative estimate of drug-likeness (QED) is 0.0703. The van der Waals surface area contributed by atoms with Gasteiger partial charge in [0, 0.05) is 12.8 Å². The second-order valence-electron chi connectivity index (χ2n) is 10.4. The van der Waals surface area contributed by atoms with E-state index >= 15 is 0 Å². The second-order valence-corrected chi connectivity index (χ2v) is 11.7. The van der Waals surface area contributed by atoms with Gasteiger partial charge in [-0.15, -0.1) is 0 Å². The molecule has 3 nitrogen and oxygen atoms in total. The highest BCUT2D eigenvalue weighted by molar-refractivity contribution is 7.32. The topological polar surface area (TPSA) is 34.1 Å². The number of hydrogen-bond acceptors (Lipinski definition) is 2. The molecule has 0 aliphatic heterocycles. The monoisotopic (exact) mass is 456 g/mol. The Morgan fingerprint density at radius 2 is 1.00 bits per heavy atom. The molecule has 0 spiro atoms. The molecule has 184 valence electrons. The van der Waals surface area contributed by atoms with Gasteiger partial charge < -0.3 is 4.48 Å². The van der Waals surface area contributed by atoms with Gasteiger partial charge in [-0.05, 0) is 32.1 Å². The molecule has 0 radical (unpaired) electrons. The summed E-state index contributed by atoms with van der Waals surface area (Å²) in [6.45, 7) is 4.28. The highest BCUT2D eigenvalue weighted by Gasteiger charge is 2.46. The predicted octanol–water partition coefficient (Wildman–Crippen LogP) is 9.57. The molecule has 0 saturated carbocycles. The van der Waals surface area contributed by atoms with Gasteiger partial charge in [0.1, 0.15) is 0 Å². The summed E-state index contributed by atoms with van der Waals surface area (Å²) in [7, 11) is 3.63. The molecule has 0 heterocycles. The van der Waals surface area contributed by atoms with Crippen LogP contribution in [0.2, 0.25) is 0 Å². The van der Waals surface area contributed by atoms with Gasteiger partial charge >= 0.3 is 7.68 Å². The van der Waals surface area contributed by atoms with Crippen molar-refractivity contribution in [3.05, 3.63) is 12.2 Å². The second kappa shape index (κ2) is 19.1. The SMILES string of the molecule is CCCCCCC=CCCCCCCCCCCCCCC(CC)(P(=O)=O)[N+](C)(C)C. The summed E-state index contributed by atoms with van der Waals surface area (Å²) in [5, 5.41) is -0.597. The predicted molar refractivity (Wildman–Crippen MR) is 137 cm³/mol. The van der Waals surface area contributed by atoms with Gasteiger partial charge in [0.05, 0.1) is 21.1 Å². The van der Waals surface area contributed by atoms with Crippen molar-refractivity contribution in [3.8, 4) is 0 Å². The molecule has 0 rings (SSSR count). The van der Waals surface area contributed by atoms with E-state index in [9.17, 15) is 9.13 Å². The van der Waals surface area contributed by atoms with E-state index in [0.717, 1.165) is 19.3 Å². The van der Waals surface area contributed by atoms with Crippen LogP contribution in [0, 0.1) is 0 Å². The minimum absolute atomic E-state index is 0.511. The van der Waals surface area contributed by atoms with Crippen LogP contribution in [-0.4, -0.2) is 30.9 Å². The minimum Gasteiger partial charge on any atom is -0.314 e. The Morgan fingerprint density at radius 3 is 1.35 bits per heavy atom. The van der Waals surface area contributed by atoms with Crippen LogP contribution in [0.4, 0.5) is 0 Å². The highest BCUT2D eigenvalue weighted by Crippen LogP contribution is 2.43. The highest BCUT2D eigenvalue weighted by atomic mass is 31.1. The molecule has 0 amide bonds. The van der Waals surface area contributed by atoms with Crippen molar-refractivity contribution in [1.82, 2.24) is 0 Å². The van der Waals surface area contributed by atoms with Crippen molar-refractivity contribution in [2.45, 2.75) is 141 Å². The Morgan fingerprint density at radius 1 is 0.613 bits per heavy atom. The molecule has 0 fully saturated rings. The average molecular weight is 457 g/mol. The number of unbranched alkanes of at least 4 members (excludes halogenated alkanes) is 15. The summed E-state index contributed by atoms with van der Waals surface area (Å²) in [5.41, 5.74) is 0. The summed E-state index contributed by atoms with van der Waals surface area (Å²) in [5.74, 6) is 0. The van der Waals surface area contributed by atoms with Gasteiger partial charge in [0.2, 0.25) is 5.28 Å². The Bertz CT molecular complexity index is 500. The molecule has 0 saturated heterocycles. The van der Waals surface area contributed by atoms with Gasteiger partial charge in [-0.2, -0.15) is 0 Å². The Hall–Kier alpha value is -0.400. The normalized spacial score (nSPS) is 14.2. The molecule has 0 aliphatic rings. The maximum absolute atomic E-state index is 11.9. The zero-order valence-electron chi connectivity index (χ0n) is 21.8. The maximum Gasteiger partial charge on any atom is 0.378 e. The molecule has 0 aromatic rings. The summed E-state index contributed by atoms with van der Waals surface area (Å²) in [6, 6.07) is 0. The van der Waals surface area contributed by atoms with Gasteiger partial charge in [0.25, 0.3) is 0 Å². The lowest BCUT2D eigenvalue weighted by molar-refractivity contribution is -0.908. The summed E-state index contributed by atoms with van der Waals surface area (Å²) in [6.07, 6.45) is 28.6. The van der Waals surface area contributed by atoms with E-state index in [0.29, 0.717) is 10.9 Å². The van der Waals surface area contributed by atoms with E-state index in [2.05, 4.69) is 19.1 Å². The van der Waals surface area contributed by atoms with Crippen molar-refractivity contribution in [1.29, 1.82) is 0 Å². The zero-order chi connectivity index (χ0) is 23.4. The van der Waals surface area contributed by atoms with Gasteiger partial charge in [-0.1, -0.05) is 103 Å². The van der Waals surface area contributed by atoms with E-state index in [-0.39, 0.29) is 0 Å². The minimum atomic E-state index is -2.41. The molecular formula is C27H55NO2P+. The molecule has 0 aliphatic carbocycles. The lowest BCUT2D eigenvalue weighted by atomic mass is 10.0. The van der Waals surface area contributed by atoms with Gasteiger partial charge in [-0.3, -0.25) is 0 Å². The molecule has 0 N–H and O–H groups in total. The van der Waals surface area contributed by atoms with Crippen LogP contribution >= 0.6 is 7.68 Å². The van der Waals surface area contributed by atoms with Crippen LogP contribution in [0.25, 0.3) is 0 Å². The van der Waals surface area contributed by atoms with E-state index in [1.165, 1.54) is 96.3 Å². The first-order valence-electron chi connectivity index (χ1n) is 13.4. The van der Waals surface area contributed by atoms with Crippen molar-refractivity contribution in [2.24, 2.45) is 0 Å². The fourth-order valence-corrected chi connectivity index (χ4v) is 5.73. The van der Waals surface area contributed by atoms with E-state index in [1.807, 2.05) is 28.1 Å². The third-order valence-corrected chi connectivity index (χ3v) is 8.81. The molecule has 1 unspecified atom stereocenters. The first-order valence-corrected chi connectivity index (χ1v) is 14.6. The number of quaternary nitrogens is 1. The van der Waals surface area contributed by atoms with Crippen LogP contribution < -0.4 is 0 Å².